The fourth-order valence-corrected chi connectivity index (χ4v) is 2.75. The Morgan fingerprint density at radius 1 is 1.65 bits per heavy atom. The molecule has 2 rings (SSSR count). The van der Waals surface area contributed by atoms with Crippen LogP contribution in [0.2, 0.25) is 0 Å². The largest absolute Gasteiger partial charge is 0.481 e. The molecule has 0 aromatic carbocycles. The van der Waals surface area contributed by atoms with Gasteiger partial charge in [0.15, 0.2) is 0 Å². The predicted molar refractivity (Wildman–Crippen MR) is 66.5 cm³/mol. The first kappa shape index (κ1) is 12.5. The zero-order valence-electron chi connectivity index (χ0n) is 9.86. The van der Waals surface area contributed by atoms with Gasteiger partial charge in [-0.25, -0.2) is 0 Å². The number of carbonyl (C=O) groups is 1. The van der Waals surface area contributed by atoms with Crippen molar-refractivity contribution in [1.29, 1.82) is 0 Å². The van der Waals surface area contributed by atoms with Crippen LogP contribution in [0, 0.1) is 12.3 Å². The SMILES string of the molecule is Cc1ccsc1CCNCC1(C(=O)O)COC1. The summed E-state index contributed by atoms with van der Waals surface area (Å²) in [5, 5.41) is 14.4. The lowest BCUT2D eigenvalue weighted by Gasteiger charge is -2.37. The molecule has 0 unspecified atom stereocenters. The smallest absolute Gasteiger partial charge is 0.315 e. The summed E-state index contributed by atoms with van der Waals surface area (Å²) < 4.78 is 5.00. The quantitative estimate of drug-likeness (QED) is 0.752. The van der Waals surface area contributed by atoms with Crippen LogP contribution in [-0.4, -0.2) is 37.4 Å². The Bertz CT molecular complexity index is 398. The summed E-state index contributed by atoms with van der Waals surface area (Å²) in [4.78, 5) is 12.4. The molecule has 0 amide bonds. The number of ether oxygens (including phenoxy) is 1. The van der Waals surface area contributed by atoms with E-state index in [9.17, 15) is 4.79 Å². The number of nitrogens with one attached hydrogen (secondary N) is 1. The van der Waals surface area contributed by atoms with E-state index in [4.69, 9.17) is 9.84 Å². The Labute approximate surface area is 105 Å². The fraction of sp³-hybridized carbons (Fsp3) is 0.583. The molecule has 4 nitrogen and oxygen atoms in total. The minimum absolute atomic E-state index is 0.327. The average Bonchev–Trinajstić information content (AvgIpc) is 2.61. The molecule has 2 N–H and O–H groups in total. The summed E-state index contributed by atoms with van der Waals surface area (Å²) in [6.45, 7) is 4.06. The van der Waals surface area contributed by atoms with E-state index >= 15 is 0 Å². The van der Waals surface area contributed by atoms with Crippen molar-refractivity contribution in [2.24, 2.45) is 5.41 Å². The second kappa shape index (κ2) is 5.16. The molecule has 94 valence electrons. The van der Waals surface area contributed by atoms with E-state index in [2.05, 4.69) is 23.7 Å². The van der Waals surface area contributed by atoms with Crippen LogP contribution in [0.5, 0.6) is 0 Å². The van der Waals surface area contributed by atoms with Crippen LogP contribution >= 0.6 is 11.3 Å². The van der Waals surface area contributed by atoms with Crippen molar-refractivity contribution in [3.05, 3.63) is 21.9 Å². The summed E-state index contributed by atoms with van der Waals surface area (Å²) in [7, 11) is 0. The molecule has 17 heavy (non-hydrogen) atoms. The molecule has 5 heteroatoms. The molecule has 1 aliphatic rings. The average molecular weight is 255 g/mol. The van der Waals surface area contributed by atoms with Crippen molar-refractivity contribution in [2.45, 2.75) is 13.3 Å². The molecule has 1 aromatic rings. The number of rotatable bonds is 6. The van der Waals surface area contributed by atoms with Gasteiger partial charge in [0.25, 0.3) is 0 Å². The van der Waals surface area contributed by atoms with Gasteiger partial charge in [-0.3, -0.25) is 4.79 Å². The molecule has 0 saturated carbocycles. The number of aliphatic carboxylic acids is 1. The minimum Gasteiger partial charge on any atom is -0.481 e. The first-order chi connectivity index (χ1) is 8.14. The molecule has 0 radical (unpaired) electrons. The second-order valence-corrected chi connectivity index (χ2v) is 5.53. The highest BCUT2D eigenvalue weighted by Crippen LogP contribution is 2.26. The number of thiophene rings is 1. The summed E-state index contributed by atoms with van der Waals surface area (Å²) in [5.41, 5.74) is 0.626. The predicted octanol–water partition coefficient (Wildman–Crippen LogP) is 1.29. The van der Waals surface area contributed by atoms with Gasteiger partial charge >= 0.3 is 5.97 Å². The molecule has 1 aliphatic heterocycles. The zero-order valence-corrected chi connectivity index (χ0v) is 10.7. The van der Waals surface area contributed by atoms with Crippen LogP contribution in [0.1, 0.15) is 10.4 Å². The molecule has 1 aromatic heterocycles. The number of carboxylic acid groups (broad SMARTS) is 1. The summed E-state index contributed by atoms with van der Waals surface area (Å²) in [5.74, 6) is -0.761. The van der Waals surface area contributed by atoms with Crippen LogP contribution in [0.3, 0.4) is 0 Å². The Morgan fingerprint density at radius 3 is 2.88 bits per heavy atom. The molecule has 1 saturated heterocycles. The van der Waals surface area contributed by atoms with Gasteiger partial charge in [0.05, 0.1) is 13.2 Å². The van der Waals surface area contributed by atoms with Crippen molar-refractivity contribution in [2.75, 3.05) is 26.3 Å². The highest BCUT2D eigenvalue weighted by atomic mass is 32.1. The standard InChI is InChI=1S/C12H17NO3S/c1-9-3-5-17-10(9)2-4-13-6-12(11(14)15)7-16-8-12/h3,5,13H,2,4,6-8H2,1H3,(H,14,15). The van der Waals surface area contributed by atoms with E-state index in [1.54, 1.807) is 11.3 Å². The van der Waals surface area contributed by atoms with Gasteiger partial charge in [-0.2, -0.15) is 0 Å². The van der Waals surface area contributed by atoms with E-state index in [1.165, 1.54) is 10.4 Å². The fourth-order valence-electron chi connectivity index (χ4n) is 1.84. The molecular formula is C12H17NO3S. The topological polar surface area (TPSA) is 58.6 Å². The van der Waals surface area contributed by atoms with E-state index in [1.807, 2.05) is 0 Å². The maximum atomic E-state index is 11.1. The van der Waals surface area contributed by atoms with Crippen LogP contribution in [0.4, 0.5) is 0 Å². The van der Waals surface area contributed by atoms with E-state index < -0.39 is 11.4 Å². The summed E-state index contributed by atoms with van der Waals surface area (Å²) in [6.07, 6.45) is 0.958. The third kappa shape index (κ3) is 2.68. The number of hydrogen-bond acceptors (Lipinski definition) is 4. The van der Waals surface area contributed by atoms with E-state index in [-0.39, 0.29) is 0 Å². The zero-order chi connectivity index (χ0) is 12.3. The summed E-state index contributed by atoms with van der Waals surface area (Å²) in [6, 6.07) is 2.11. The Morgan fingerprint density at radius 2 is 2.41 bits per heavy atom. The third-order valence-corrected chi connectivity index (χ3v) is 4.25. The molecule has 1 fully saturated rings. The molecule has 0 aliphatic carbocycles. The third-order valence-electron chi connectivity index (χ3n) is 3.17. The maximum absolute atomic E-state index is 11.1. The van der Waals surface area contributed by atoms with Crippen molar-refractivity contribution < 1.29 is 14.6 Å². The second-order valence-electron chi connectivity index (χ2n) is 4.53. The number of hydrogen-bond donors (Lipinski definition) is 2. The Kier molecular flexibility index (Phi) is 3.81. The van der Waals surface area contributed by atoms with Gasteiger partial charge in [-0.15, -0.1) is 11.3 Å². The monoisotopic (exact) mass is 255 g/mol. The molecule has 0 spiro atoms. The van der Waals surface area contributed by atoms with Crippen LogP contribution < -0.4 is 5.32 Å². The molecule has 2 heterocycles. The first-order valence-electron chi connectivity index (χ1n) is 5.69. The van der Waals surface area contributed by atoms with Crippen LogP contribution in [0.15, 0.2) is 11.4 Å². The first-order valence-corrected chi connectivity index (χ1v) is 6.57. The van der Waals surface area contributed by atoms with Crippen molar-refractivity contribution >= 4 is 17.3 Å². The normalized spacial score (nSPS) is 17.7. The highest BCUT2D eigenvalue weighted by molar-refractivity contribution is 7.10. The van der Waals surface area contributed by atoms with Gasteiger partial charge < -0.3 is 15.2 Å². The minimum atomic E-state index is -0.761. The highest BCUT2D eigenvalue weighted by Gasteiger charge is 2.45. The van der Waals surface area contributed by atoms with Gasteiger partial charge in [0.2, 0.25) is 0 Å². The van der Waals surface area contributed by atoms with Crippen LogP contribution in [0.25, 0.3) is 0 Å². The van der Waals surface area contributed by atoms with Gasteiger partial charge in [0.1, 0.15) is 5.41 Å². The lowest BCUT2D eigenvalue weighted by molar-refractivity contribution is -0.178. The van der Waals surface area contributed by atoms with E-state index in [0.717, 1.165) is 13.0 Å². The van der Waals surface area contributed by atoms with Crippen molar-refractivity contribution in [3.63, 3.8) is 0 Å². The molecule has 0 atom stereocenters. The van der Waals surface area contributed by atoms with Crippen molar-refractivity contribution in [1.82, 2.24) is 5.32 Å². The molecular weight excluding hydrogens is 238 g/mol. The Hall–Kier alpha value is -0.910. The Balaban J connectivity index is 1.73. The lowest BCUT2D eigenvalue weighted by Crippen LogP contribution is -2.55. The lowest BCUT2D eigenvalue weighted by atomic mass is 9.86. The van der Waals surface area contributed by atoms with Gasteiger partial charge in [-0.05, 0) is 30.4 Å². The number of carboxylic acids is 1. The number of aryl methyl sites for hydroxylation is 1. The van der Waals surface area contributed by atoms with Crippen molar-refractivity contribution in [3.8, 4) is 0 Å². The van der Waals surface area contributed by atoms with Gasteiger partial charge in [-0.1, -0.05) is 0 Å². The van der Waals surface area contributed by atoms with E-state index in [0.29, 0.717) is 19.8 Å². The van der Waals surface area contributed by atoms with Gasteiger partial charge in [0, 0.05) is 18.0 Å². The summed E-state index contributed by atoms with van der Waals surface area (Å²) >= 11 is 1.75. The molecule has 0 bridgehead atoms. The van der Waals surface area contributed by atoms with Crippen LogP contribution in [-0.2, 0) is 16.0 Å². The maximum Gasteiger partial charge on any atom is 0.315 e.